The van der Waals surface area contributed by atoms with Crippen LogP contribution in [0.3, 0.4) is 0 Å². The third-order valence-corrected chi connectivity index (χ3v) is 6.37. The van der Waals surface area contributed by atoms with Crippen molar-refractivity contribution in [2.24, 2.45) is 0 Å². The van der Waals surface area contributed by atoms with Crippen LogP contribution in [0, 0.1) is 6.92 Å². The predicted octanol–water partition coefficient (Wildman–Crippen LogP) is 6.75. The van der Waals surface area contributed by atoms with E-state index in [-0.39, 0.29) is 17.5 Å². The lowest BCUT2D eigenvalue weighted by atomic mass is 9.85. The van der Waals surface area contributed by atoms with Gasteiger partial charge in [0.25, 0.3) is 5.91 Å². The van der Waals surface area contributed by atoms with Crippen LogP contribution in [0.25, 0.3) is 0 Å². The first-order valence-corrected chi connectivity index (χ1v) is 12.2. The number of hydrogen-bond donors (Lipinski definition) is 2. The Balaban J connectivity index is 0.000000244. The van der Waals surface area contributed by atoms with Crippen LogP contribution in [0.1, 0.15) is 53.2 Å². The Morgan fingerprint density at radius 1 is 1.08 bits per heavy atom. The number of rotatable bonds is 5. The molecule has 1 aliphatic heterocycles. The molecule has 0 unspecified atom stereocenters. The van der Waals surface area contributed by atoms with Crippen LogP contribution < -0.4 is 15.0 Å². The van der Waals surface area contributed by atoms with Gasteiger partial charge in [0.1, 0.15) is 5.75 Å². The molecule has 0 spiro atoms. The number of anilines is 2. The summed E-state index contributed by atoms with van der Waals surface area (Å²) in [4.78, 5) is 26.2. The molecule has 6 nitrogen and oxygen atoms in total. The maximum absolute atomic E-state index is 13.0. The van der Waals surface area contributed by atoms with E-state index >= 15 is 0 Å². The Morgan fingerprint density at radius 3 is 2.32 bits per heavy atom. The average Bonchev–Trinajstić information content (AvgIpc) is 2.89. The van der Waals surface area contributed by atoms with Gasteiger partial charge in [0.05, 0.1) is 18.6 Å². The van der Waals surface area contributed by atoms with Gasteiger partial charge in [0.2, 0.25) is 0 Å². The number of alkyl halides is 3. The van der Waals surface area contributed by atoms with Crippen molar-refractivity contribution >= 4 is 23.3 Å². The van der Waals surface area contributed by atoms with E-state index < -0.39 is 23.6 Å². The first-order chi connectivity index (χ1) is 18.0. The van der Waals surface area contributed by atoms with Crippen LogP contribution in [0.5, 0.6) is 5.75 Å². The number of nitrogens with one attached hydrogen (secondary N) is 1. The summed E-state index contributed by atoms with van der Waals surface area (Å²) in [6.45, 7) is 5.79. The summed E-state index contributed by atoms with van der Waals surface area (Å²) in [5.74, 6) is -0.895. The second-order valence-electron chi connectivity index (χ2n) is 9.00. The zero-order chi connectivity index (χ0) is 28.0. The highest BCUT2D eigenvalue weighted by Crippen LogP contribution is 2.39. The minimum atomic E-state index is -4.27. The van der Waals surface area contributed by atoms with E-state index in [4.69, 9.17) is 4.74 Å². The molecular formula is C29H31F3N2O4. The molecule has 202 valence electrons. The van der Waals surface area contributed by atoms with Crippen LogP contribution in [-0.4, -0.2) is 36.7 Å². The van der Waals surface area contributed by atoms with Gasteiger partial charge in [-0.3, -0.25) is 9.59 Å². The van der Waals surface area contributed by atoms with Crippen molar-refractivity contribution in [3.05, 3.63) is 89.0 Å². The number of halogens is 3. The first kappa shape index (κ1) is 28.6. The molecule has 0 aromatic heterocycles. The minimum absolute atomic E-state index is 0.138. The van der Waals surface area contributed by atoms with Crippen molar-refractivity contribution in [2.75, 3.05) is 23.9 Å². The fourth-order valence-corrected chi connectivity index (χ4v) is 4.47. The number of hydrogen-bond acceptors (Lipinski definition) is 4. The summed E-state index contributed by atoms with van der Waals surface area (Å²) < 4.78 is 42.4. The summed E-state index contributed by atoms with van der Waals surface area (Å²) in [6.07, 6.45) is -3.87. The monoisotopic (exact) mass is 528 g/mol. The summed E-state index contributed by atoms with van der Waals surface area (Å²) in [7, 11) is 1.58. The number of aliphatic carboxylic acids is 1. The lowest BCUT2D eigenvalue weighted by molar-refractivity contribution is -0.139. The fourth-order valence-electron chi connectivity index (χ4n) is 4.47. The number of amides is 1. The van der Waals surface area contributed by atoms with E-state index in [1.165, 1.54) is 13.0 Å². The largest absolute Gasteiger partial charge is 0.497 e. The molecule has 38 heavy (non-hydrogen) atoms. The van der Waals surface area contributed by atoms with Crippen molar-refractivity contribution in [1.82, 2.24) is 0 Å². The molecule has 2 N–H and O–H groups in total. The van der Waals surface area contributed by atoms with Crippen LogP contribution in [-0.2, 0) is 11.0 Å². The Morgan fingerprint density at radius 2 is 1.74 bits per heavy atom. The normalized spacial score (nSPS) is 16.6. The quantitative estimate of drug-likeness (QED) is 0.383. The van der Waals surface area contributed by atoms with Gasteiger partial charge < -0.3 is 20.1 Å². The number of para-hydroxylation sites is 1. The second kappa shape index (κ2) is 12.0. The lowest BCUT2D eigenvalue weighted by Crippen LogP contribution is -2.44. The van der Waals surface area contributed by atoms with Crippen molar-refractivity contribution in [3.63, 3.8) is 0 Å². The number of fused-ring (bicyclic) bond motifs is 1. The molecule has 9 heteroatoms. The fraction of sp³-hybridized carbons (Fsp3) is 0.310. The van der Waals surface area contributed by atoms with E-state index in [1.807, 2.05) is 26.0 Å². The van der Waals surface area contributed by atoms with Crippen LogP contribution in [0.4, 0.5) is 24.5 Å². The van der Waals surface area contributed by atoms with Gasteiger partial charge in [0, 0.05) is 29.5 Å². The molecule has 4 rings (SSSR count). The van der Waals surface area contributed by atoms with E-state index in [0.717, 1.165) is 6.07 Å². The molecule has 3 aromatic rings. The highest BCUT2D eigenvalue weighted by atomic mass is 19.4. The molecule has 0 fully saturated rings. The second-order valence-corrected chi connectivity index (χ2v) is 9.00. The van der Waals surface area contributed by atoms with E-state index in [2.05, 4.69) is 5.32 Å². The van der Waals surface area contributed by atoms with Crippen molar-refractivity contribution < 1.29 is 32.6 Å². The lowest BCUT2D eigenvalue weighted by Gasteiger charge is -2.38. The molecule has 0 saturated carbocycles. The minimum Gasteiger partial charge on any atom is -0.497 e. The summed E-state index contributed by atoms with van der Waals surface area (Å²) >= 11 is 0. The maximum atomic E-state index is 13.0. The van der Waals surface area contributed by atoms with E-state index in [1.54, 1.807) is 54.5 Å². The molecule has 1 amide bonds. The number of carbonyl (C=O) groups excluding carboxylic acids is 1. The highest BCUT2D eigenvalue weighted by molar-refractivity contribution is 6.07. The third-order valence-electron chi connectivity index (χ3n) is 6.37. The predicted molar refractivity (Wildman–Crippen MR) is 141 cm³/mol. The van der Waals surface area contributed by atoms with Crippen molar-refractivity contribution in [1.29, 1.82) is 0 Å². The molecule has 1 heterocycles. The van der Waals surface area contributed by atoms with Gasteiger partial charge in [-0.2, -0.15) is 13.2 Å². The van der Waals surface area contributed by atoms with Gasteiger partial charge in [-0.1, -0.05) is 24.3 Å². The van der Waals surface area contributed by atoms with Gasteiger partial charge in [-0.05, 0) is 80.8 Å². The number of ether oxygens (including phenoxy) is 1. The SMILES string of the molecule is CCNc1ccc(C)c(C(F)(F)F)c1.COc1ccc(C(=O)N2c3ccccc3[C@@H](C(=O)O)C[C@@H]2C)cc1. The molecule has 0 radical (unpaired) electrons. The Hall–Kier alpha value is -4.01. The van der Waals surface area contributed by atoms with Crippen molar-refractivity contribution in [2.45, 2.75) is 45.3 Å². The number of nitrogens with zero attached hydrogens (tertiary/aromatic N) is 1. The van der Waals surface area contributed by atoms with E-state index in [0.29, 0.717) is 41.2 Å². The zero-order valence-electron chi connectivity index (χ0n) is 21.7. The molecule has 0 bridgehead atoms. The molecular weight excluding hydrogens is 497 g/mol. The Bertz CT molecular complexity index is 1280. The number of aryl methyl sites for hydroxylation is 1. The summed E-state index contributed by atoms with van der Waals surface area (Å²) in [5.41, 5.74) is 2.08. The summed E-state index contributed by atoms with van der Waals surface area (Å²) in [5, 5.41) is 12.3. The number of benzene rings is 3. The van der Waals surface area contributed by atoms with Gasteiger partial charge in [-0.25, -0.2) is 0 Å². The van der Waals surface area contributed by atoms with Gasteiger partial charge >= 0.3 is 12.1 Å². The molecule has 0 saturated heterocycles. The number of carboxylic acids is 1. The van der Waals surface area contributed by atoms with Gasteiger partial charge in [0.15, 0.2) is 0 Å². The Labute approximate surface area is 220 Å². The molecule has 2 atom stereocenters. The van der Waals surface area contributed by atoms with Crippen LogP contribution in [0.15, 0.2) is 66.7 Å². The van der Waals surface area contributed by atoms with E-state index in [9.17, 15) is 27.9 Å². The van der Waals surface area contributed by atoms with Crippen LogP contribution >= 0.6 is 0 Å². The third kappa shape index (κ3) is 6.45. The summed E-state index contributed by atoms with van der Waals surface area (Å²) in [6, 6.07) is 18.2. The topological polar surface area (TPSA) is 78.9 Å². The zero-order valence-corrected chi connectivity index (χ0v) is 21.7. The number of carbonyl (C=O) groups is 2. The smallest absolute Gasteiger partial charge is 0.416 e. The number of carboxylic acid groups (broad SMARTS) is 1. The molecule has 0 aliphatic carbocycles. The Kier molecular flexibility index (Phi) is 9.04. The average molecular weight is 529 g/mol. The standard InChI is InChI=1S/C19H19NO4.C10H12F3N/c1-12-11-16(19(22)23)15-5-3-4-6-17(15)20(12)18(21)13-7-9-14(24-2)10-8-13;1-3-14-8-5-4-7(2)9(6-8)10(11,12)13/h3-10,12,16H,11H2,1-2H3,(H,22,23);4-6,14H,3H2,1-2H3/t12-,16-;/m0./s1. The van der Waals surface area contributed by atoms with Crippen molar-refractivity contribution in [3.8, 4) is 5.75 Å². The highest BCUT2D eigenvalue weighted by Gasteiger charge is 2.37. The van der Waals surface area contributed by atoms with Gasteiger partial charge in [-0.15, -0.1) is 0 Å². The first-order valence-electron chi connectivity index (χ1n) is 12.2. The molecule has 3 aromatic carbocycles. The van der Waals surface area contributed by atoms with Crippen LogP contribution in [0.2, 0.25) is 0 Å². The number of methoxy groups -OCH3 is 1. The maximum Gasteiger partial charge on any atom is 0.416 e. The molecule has 1 aliphatic rings.